The summed E-state index contributed by atoms with van der Waals surface area (Å²) in [5.41, 5.74) is 7.86. The third-order valence-corrected chi connectivity index (χ3v) is 3.23. The number of rotatable bonds is 4. The van der Waals surface area contributed by atoms with E-state index in [1.807, 2.05) is 66.1 Å². The average molecular weight is 279 g/mol. The van der Waals surface area contributed by atoms with E-state index in [0.717, 1.165) is 22.9 Å². The predicted molar refractivity (Wildman–Crippen MR) is 82.7 cm³/mol. The zero-order valence-electron chi connectivity index (χ0n) is 11.8. The number of benzene rings is 2. The Kier molecular flexibility index (Phi) is 3.71. The summed E-state index contributed by atoms with van der Waals surface area (Å²) >= 11 is 0. The molecule has 0 radical (unpaired) electrons. The van der Waals surface area contributed by atoms with E-state index >= 15 is 0 Å². The summed E-state index contributed by atoms with van der Waals surface area (Å²) in [4.78, 5) is 4.20. The summed E-state index contributed by atoms with van der Waals surface area (Å²) < 4.78 is 7.94. The van der Waals surface area contributed by atoms with Crippen LogP contribution >= 0.6 is 0 Å². The summed E-state index contributed by atoms with van der Waals surface area (Å²) in [5.74, 6) is 1.57. The topological polar surface area (TPSA) is 53.1 Å². The fourth-order valence-corrected chi connectivity index (χ4v) is 2.20. The monoisotopic (exact) mass is 279 g/mol. The Hall–Kier alpha value is -2.59. The van der Waals surface area contributed by atoms with Crippen LogP contribution in [0.2, 0.25) is 0 Å². The summed E-state index contributed by atoms with van der Waals surface area (Å²) in [6.07, 6.45) is 3.54. The Bertz CT molecular complexity index is 720. The molecule has 3 rings (SSSR count). The molecule has 2 N–H and O–H groups in total. The third kappa shape index (κ3) is 2.80. The lowest BCUT2D eigenvalue weighted by molar-refractivity contribution is 0.479. The van der Waals surface area contributed by atoms with Gasteiger partial charge in [0, 0.05) is 6.04 Å². The maximum Gasteiger partial charge on any atom is 0.151 e. The molecule has 4 heteroatoms. The smallest absolute Gasteiger partial charge is 0.151 e. The van der Waals surface area contributed by atoms with Gasteiger partial charge >= 0.3 is 0 Å². The van der Waals surface area contributed by atoms with Gasteiger partial charge in [-0.1, -0.05) is 30.3 Å². The van der Waals surface area contributed by atoms with Crippen molar-refractivity contribution in [2.45, 2.75) is 13.0 Å². The van der Waals surface area contributed by atoms with Crippen molar-refractivity contribution in [3.05, 3.63) is 72.8 Å². The molecule has 0 fully saturated rings. The number of hydrogen-bond acceptors (Lipinski definition) is 3. The van der Waals surface area contributed by atoms with Crippen molar-refractivity contribution in [3.8, 4) is 17.2 Å². The second-order valence-electron chi connectivity index (χ2n) is 4.86. The highest BCUT2D eigenvalue weighted by molar-refractivity contribution is 5.49. The quantitative estimate of drug-likeness (QED) is 0.792. The number of para-hydroxylation sites is 3. The molecule has 4 nitrogen and oxygen atoms in total. The minimum absolute atomic E-state index is 0.0997. The van der Waals surface area contributed by atoms with E-state index in [0.29, 0.717) is 0 Å². The van der Waals surface area contributed by atoms with Crippen LogP contribution in [0, 0.1) is 0 Å². The van der Waals surface area contributed by atoms with Gasteiger partial charge in [-0.25, -0.2) is 4.98 Å². The zero-order valence-corrected chi connectivity index (χ0v) is 11.8. The van der Waals surface area contributed by atoms with Crippen LogP contribution in [-0.2, 0) is 0 Å². The second kappa shape index (κ2) is 5.81. The highest BCUT2D eigenvalue weighted by Gasteiger charge is 2.12. The van der Waals surface area contributed by atoms with Crippen LogP contribution in [0.1, 0.15) is 18.7 Å². The maximum absolute atomic E-state index is 6.00. The number of hydrogen-bond donors (Lipinski definition) is 1. The van der Waals surface area contributed by atoms with E-state index in [4.69, 9.17) is 10.5 Å². The average Bonchev–Trinajstić information content (AvgIpc) is 2.98. The fraction of sp³-hybridized carbons (Fsp3) is 0.118. The molecule has 0 aliphatic carbocycles. The van der Waals surface area contributed by atoms with Gasteiger partial charge in [0.15, 0.2) is 5.75 Å². The number of imidazole rings is 1. The molecular weight excluding hydrogens is 262 g/mol. The largest absolute Gasteiger partial charge is 0.455 e. The second-order valence-corrected chi connectivity index (χ2v) is 4.86. The summed E-state index contributed by atoms with van der Waals surface area (Å²) in [5, 5.41) is 0. The van der Waals surface area contributed by atoms with Crippen molar-refractivity contribution in [1.82, 2.24) is 9.55 Å². The van der Waals surface area contributed by atoms with Gasteiger partial charge in [0.05, 0.1) is 23.9 Å². The molecule has 0 saturated heterocycles. The molecule has 0 spiro atoms. The number of nitrogens with two attached hydrogens (primary N) is 1. The van der Waals surface area contributed by atoms with Crippen LogP contribution in [0.5, 0.6) is 11.5 Å². The van der Waals surface area contributed by atoms with Crippen LogP contribution in [-0.4, -0.2) is 9.55 Å². The molecule has 0 amide bonds. The number of nitrogens with zero attached hydrogens (tertiary/aromatic N) is 2. The molecule has 2 aromatic carbocycles. The van der Waals surface area contributed by atoms with E-state index in [1.54, 1.807) is 12.5 Å². The molecular formula is C17H17N3O. The summed E-state index contributed by atoms with van der Waals surface area (Å²) in [7, 11) is 0. The van der Waals surface area contributed by atoms with Crippen LogP contribution in [0.25, 0.3) is 5.69 Å². The highest BCUT2D eigenvalue weighted by atomic mass is 16.5. The molecule has 3 aromatic rings. The Morgan fingerprint density at radius 2 is 1.76 bits per heavy atom. The van der Waals surface area contributed by atoms with Crippen molar-refractivity contribution in [2.75, 3.05) is 0 Å². The minimum atomic E-state index is -0.0997. The number of aromatic nitrogens is 2. The SMILES string of the molecule is C[C@H](N)c1cncn1-c1ccccc1Oc1ccccc1. The van der Waals surface area contributed by atoms with E-state index < -0.39 is 0 Å². The van der Waals surface area contributed by atoms with Crippen molar-refractivity contribution in [3.63, 3.8) is 0 Å². The van der Waals surface area contributed by atoms with E-state index in [-0.39, 0.29) is 6.04 Å². The van der Waals surface area contributed by atoms with Gasteiger partial charge in [-0.3, -0.25) is 4.57 Å². The van der Waals surface area contributed by atoms with Gasteiger partial charge in [-0.05, 0) is 31.2 Å². The molecule has 0 aliphatic heterocycles. The molecule has 1 heterocycles. The molecule has 0 saturated carbocycles. The zero-order chi connectivity index (χ0) is 14.7. The Labute approximate surface area is 123 Å². The fourth-order valence-electron chi connectivity index (χ4n) is 2.20. The van der Waals surface area contributed by atoms with Crippen LogP contribution in [0.3, 0.4) is 0 Å². The van der Waals surface area contributed by atoms with Gasteiger partial charge in [0.2, 0.25) is 0 Å². The van der Waals surface area contributed by atoms with E-state index in [1.165, 1.54) is 0 Å². The molecule has 21 heavy (non-hydrogen) atoms. The molecule has 106 valence electrons. The van der Waals surface area contributed by atoms with Gasteiger partial charge < -0.3 is 10.5 Å². The Balaban J connectivity index is 2.02. The molecule has 0 bridgehead atoms. The Morgan fingerprint density at radius 3 is 2.52 bits per heavy atom. The first-order chi connectivity index (χ1) is 10.3. The molecule has 1 aromatic heterocycles. The van der Waals surface area contributed by atoms with Gasteiger partial charge in [-0.15, -0.1) is 0 Å². The Morgan fingerprint density at radius 1 is 1.05 bits per heavy atom. The lowest BCUT2D eigenvalue weighted by atomic mass is 10.2. The first-order valence-electron chi connectivity index (χ1n) is 6.86. The molecule has 1 atom stereocenters. The highest BCUT2D eigenvalue weighted by Crippen LogP contribution is 2.29. The van der Waals surface area contributed by atoms with Gasteiger partial charge in [0.25, 0.3) is 0 Å². The van der Waals surface area contributed by atoms with Gasteiger partial charge in [-0.2, -0.15) is 0 Å². The van der Waals surface area contributed by atoms with Gasteiger partial charge in [0.1, 0.15) is 5.75 Å². The predicted octanol–water partition coefficient (Wildman–Crippen LogP) is 3.68. The number of ether oxygens (including phenoxy) is 1. The lowest BCUT2D eigenvalue weighted by Gasteiger charge is -2.15. The first kappa shape index (κ1) is 13.4. The normalized spacial score (nSPS) is 12.1. The maximum atomic E-state index is 6.00. The van der Waals surface area contributed by atoms with Crippen molar-refractivity contribution >= 4 is 0 Å². The van der Waals surface area contributed by atoms with E-state index in [2.05, 4.69) is 4.98 Å². The minimum Gasteiger partial charge on any atom is -0.455 e. The first-order valence-corrected chi connectivity index (χ1v) is 6.86. The molecule has 0 unspecified atom stereocenters. The van der Waals surface area contributed by atoms with Crippen LogP contribution in [0.4, 0.5) is 0 Å². The summed E-state index contributed by atoms with van der Waals surface area (Å²) in [6, 6.07) is 17.5. The van der Waals surface area contributed by atoms with Crippen LogP contribution in [0.15, 0.2) is 67.1 Å². The van der Waals surface area contributed by atoms with E-state index in [9.17, 15) is 0 Å². The summed E-state index contributed by atoms with van der Waals surface area (Å²) in [6.45, 7) is 1.94. The van der Waals surface area contributed by atoms with Crippen molar-refractivity contribution in [2.24, 2.45) is 5.73 Å². The van der Waals surface area contributed by atoms with Crippen molar-refractivity contribution < 1.29 is 4.74 Å². The third-order valence-electron chi connectivity index (χ3n) is 3.23. The van der Waals surface area contributed by atoms with Crippen LogP contribution < -0.4 is 10.5 Å². The molecule has 0 aliphatic rings. The standard InChI is InChI=1S/C17H17N3O/c1-13(18)16-11-19-12-20(16)15-9-5-6-10-17(15)21-14-7-3-2-4-8-14/h2-13H,18H2,1H3/t13-/m0/s1. The lowest BCUT2D eigenvalue weighted by Crippen LogP contribution is -2.11. The van der Waals surface area contributed by atoms with Crippen molar-refractivity contribution in [1.29, 1.82) is 0 Å².